The van der Waals surface area contributed by atoms with Gasteiger partial charge in [-0.3, -0.25) is 18.9 Å². The Morgan fingerprint density at radius 1 is 1.20 bits per heavy atom. The van der Waals surface area contributed by atoms with E-state index in [-0.39, 0.29) is 11.5 Å². The highest BCUT2D eigenvalue weighted by atomic mass is 32.2. The number of rotatable bonds is 5. The second-order valence-corrected chi connectivity index (χ2v) is 9.25. The molecule has 150 valence electrons. The van der Waals surface area contributed by atoms with Crippen molar-refractivity contribution in [1.29, 1.82) is 0 Å². The van der Waals surface area contributed by atoms with Gasteiger partial charge in [0, 0.05) is 17.6 Å². The highest BCUT2D eigenvalue weighted by Gasteiger charge is 2.31. The SMILES string of the molecule is C=CCN1C(=O)/C(=C/c2c(Sc3ccccc3)nc3c(C)cccn3c2=O)SC1=S. The Morgan fingerprint density at radius 2 is 1.97 bits per heavy atom. The fourth-order valence-corrected chi connectivity index (χ4v) is 5.17. The first-order valence-corrected chi connectivity index (χ1v) is 11.1. The first kappa shape index (κ1) is 20.6. The van der Waals surface area contributed by atoms with E-state index >= 15 is 0 Å². The molecule has 30 heavy (non-hydrogen) atoms. The Bertz CT molecular complexity index is 1270. The van der Waals surface area contributed by atoms with Crippen LogP contribution in [0.25, 0.3) is 11.7 Å². The van der Waals surface area contributed by atoms with Gasteiger partial charge < -0.3 is 0 Å². The van der Waals surface area contributed by atoms with Gasteiger partial charge in [-0.2, -0.15) is 0 Å². The lowest BCUT2D eigenvalue weighted by Crippen LogP contribution is -2.28. The molecular weight excluding hydrogens is 434 g/mol. The zero-order chi connectivity index (χ0) is 21.3. The number of carbonyl (C=O) groups is 1. The van der Waals surface area contributed by atoms with E-state index in [1.54, 1.807) is 18.3 Å². The average Bonchev–Trinajstić information content (AvgIpc) is 3.00. The molecule has 1 fully saturated rings. The Morgan fingerprint density at radius 3 is 2.70 bits per heavy atom. The lowest BCUT2D eigenvalue weighted by molar-refractivity contribution is -0.121. The number of hydrogen-bond donors (Lipinski definition) is 0. The zero-order valence-corrected chi connectivity index (χ0v) is 18.5. The van der Waals surface area contributed by atoms with E-state index in [9.17, 15) is 9.59 Å². The van der Waals surface area contributed by atoms with Crippen molar-refractivity contribution >= 4 is 57.7 Å². The molecule has 8 heteroatoms. The van der Waals surface area contributed by atoms with Gasteiger partial charge in [-0.1, -0.05) is 66.1 Å². The third kappa shape index (κ3) is 3.86. The van der Waals surface area contributed by atoms with Crippen LogP contribution in [-0.2, 0) is 4.79 Å². The van der Waals surface area contributed by atoms with Gasteiger partial charge in [-0.15, -0.1) is 6.58 Å². The number of nitrogens with zero attached hydrogens (tertiary/aromatic N) is 3. The lowest BCUT2D eigenvalue weighted by atomic mass is 10.2. The van der Waals surface area contributed by atoms with Crippen molar-refractivity contribution in [2.45, 2.75) is 16.8 Å². The molecule has 1 aromatic carbocycles. The van der Waals surface area contributed by atoms with E-state index in [1.807, 2.05) is 49.4 Å². The summed E-state index contributed by atoms with van der Waals surface area (Å²) in [6.07, 6.45) is 4.92. The first-order chi connectivity index (χ1) is 14.5. The van der Waals surface area contributed by atoms with Crippen LogP contribution in [0, 0.1) is 6.92 Å². The fourth-order valence-electron chi connectivity index (χ4n) is 3.01. The van der Waals surface area contributed by atoms with E-state index in [2.05, 4.69) is 6.58 Å². The smallest absolute Gasteiger partial charge is 0.266 e. The molecule has 2 aromatic heterocycles. The Hall–Kier alpha value is -2.68. The fraction of sp³-hybridized carbons (Fsp3) is 0.0909. The highest BCUT2D eigenvalue weighted by Crippen LogP contribution is 2.35. The molecule has 4 rings (SSSR count). The molecule has 0 saturated carbocycles. The van der Waals surface area contributed by atoms with Gasteiger partial charge in [-0.05, 0) is 36.8 Å². The van der Waals surface area contributed by atoms with Gasteiger partial charge in [0.1, 0.15) is 15.0 Å². The van der Waals surface area contributed by atoms with Crippen LogP contribution in [-0.4, -0.2) is 31.1 Å². The number of carbonyl (C=O) groups excluding carboxylic acids is 1. The number of thioether (sulfide) groups is 1. The molecule has 1 amide bonds. The van der Waals surface area contributed by atoms with Crippen LogP contribution in [0.1, 0.15) is 11.1 Å². The van der Waals surface area contributed by atoms with Crippen molar-refractivity contribution in [3.05, 3.63) is 87.7 Å². The molecule has 0 bridgehead atoms. The molecule has 0 atom stereocenters. The van der Waals surface area contributed by atoms with Crippen LogP contribution < -0.4 is 5.56 Å². The quantitative estimate of drug-likeness (QED) is 0.246. The minimum atomic E-state index is -0.227. The maximum atomic E-state index is 13.4. The highest BCUT2D eigenvalue weighted by molar-refractivity contribution is 8.26. The summed E-state index contributed by atoms with van der Waals surface area (Å²) in [4.78, 5) is 33.7. The maximum absolute atomic E-state index is 13.4. The van der Waals surface area contributed by atoms with Crippen LogP contribution in [0.4, 0.5) is 0 Å². The zero-order valence-electron chi connectivity index (χ0n) is 16.1. The summed E-state index contributed by atoms with van der Waals surface area (Å²) in [5.74, 6) is -0.227. The van der Waals surface area contributed by atoms with Crippen molar-refractivity contribution in [2.24, 2.45) is 0 Å². The summed E-state index contributed by atoms with van der Waals surface area (Å²) in [6.45, 7) is 5.92. The minimum absolute atomic E-state index is 0.226. The predicted octanol–water partition coefficient (Wildman–Crippen LogP) is 4.54. The summed E-state index contributed by atoms with van der Waals surface area (Å²) in [5, 5.41) is 0.550. The Labute approximate surface area is 187 Å². The number of aromatic nitrogens is 2. The van der Waals surface area contributed by atoms with Gasteiger partial charge in [0.15, 0.2) is 0 Å². The molecular formula is C22H17N3O2S3. The predicted molar refractivity (Wildman–Crippen MR) is 127 cm³/mol. The third-order valence-corrected chi connectivity index (χ3v) is 6.86. The molecule has 3 heterocycles. The van der Waals surface area contributed by atoms with E-state index < -0.39 is 0 Å². The lowest BCUT2D eigenvalue weighted by Gasteiger charge is -2.11. The third-order valence-electron chi connectivity index (χ3n) is 4.47. The van der Waals surface area contributed by atoms with Gasteiger partial charge in [-0.25, -0.2) is 4.98 Å². The summed E-state index contributed by atoms with van der Waals surface area (Å²) in [6, 6.07) is 13.4. The molecule has 0 N–H and O–H groups in total. The van der Waals surface area contributed by atoms with Gasteiger partial charge in [0.05, 0.1) is 10.5 Å². The van der Waals surface area contributed by atoms with Crippen molar-refractivity contribution in [3.8, 4) is 0 Å². The molecule has 1 aliphatic heterocycles. The number of pyridine rings is 1. The molecule has 0 spiro atoms. The largest absolute Gasteiger partial charge is 0.289 e. The summed E-state index contributed by atoms with van der Waals surface area (Å²) in [5.41, 5.74) is 1.63. The van der Waals surface area contributed by atoms with Crippen molar-refractivity contribution in [1.82, 2.24) is 14.3 Å². The molecule has 1 saturated heterocycles. The first-order valence-electron chi connectivity index (χ1n) is 9.10. The topological polar surface area (TPSA) is 54.7 Å². The average molecular weight is 452 g/mol. The van der Waals surface area contributed by atoms with Crippen LogP contribution in [0.3, 0.4) is 0 Å². The molecule has 0 unspecified atom stereocenters. The van der Waals surface area contributed by atoms with E-state index in [0.29, 0.717) is 32.0 Å². The van der Waals surface area contributed by atoms with Gasteiger partial charge in [0.25, 0.3) is 11.5 Å². The Kier molecular flexibility index (Phi) is 5.90. The van der Waals surface area contributed by atoms with Gasteiger partial charge in [0.2, 0.25) is 0 Å². The van der Waals surface area contributed by atoms with E-state index in [4.69, 9.17) is 17.2 Å². The van der Waals surface area contributed by atoms with E-state index in [1.165, 1.54) is 32.8 Å². The molecule has 1 aliphatic rings. The monoisotopic (exact) mass is 451 g/mol. The van der Waals surface area contributed by atoms with Crippen molar-refractivity contribution < 1.29 is 4.79 Å². The molecule has 3 aromatic rings. The van der Waals surface area contributed by atoms with Crippen molar-refractivity contribution in [2.75, 3.05) is 6.54 Å². The number of benzene rings is 1. The number of fused-ring (bicyclic) bond motifs is 1. The summed E-state index contributed by atoms with van der Waals surface area (Å²) < 4.78 is 1.97. The summed E-state index contributed by atoms with van der Waals surface area (Å²) >= 11 is 7.90. The van der Waals surface area contributed by atoms with Crippen LogP contribution in [0.5, 0.6) is 0 Å². The van der Waals surface area contributed by atoms with E-state index in [0.717, 1.165) is 10.5 Å². The molecule has 0 aliphatic carbocycles. The second-order valence-electron chi connectivity index (χ2n) is 6.52. The number of amides is 1. The number of hydrogen-bond acceptors (Lipinski definition) is 6. The standard InChI is InChI=1S/C22H17N3O2S3/c1-3-11-25-21(27)17(30-22(25)28)13-16-19(29-15-9-5-4-6-10-15)23-18-14(2)8-7-12-24(18)20(16)26/h3-10,12-13H,1,11H2,2H3/b17-13-. The Balaban J connectivity index is 1.89. The second kappa shape index (κ2) is 8.59. The van der Waals surface area contributed by atoms with Crippen LogP contribution in [0.2, 0.25) is 0 Å². The number of thiocarbonyl (C=S) groups is 1. The maximum Gasteiger partial charge on any atom is 0.266 e. The van der Waals surface area contributed by atoms with Gasteiger partial charge >= 0.3 is 0 Å². The molecule has 5 nitrogen and oxygen atoms in total. The normalized spacial score (nSPS) is 15.4. The van der Waals surface area contributed by atoms with Crippen LogP contribution in [0.15, 0.2) is 80.9 Å². The summed E-state index contributed by atoms with van der Waals surface area (Å²) in [7, 11) is 0. The van der Waals surface area contributed by atoms with Crippen molar-refractivity contribution in [3.63, 3.8) is 0 Å². The van der Waals surface area contributed by atoms with Crippen LogP contribution >= 0.6 is 35.7 Å². The minimum Gasteiger partial charge on any atom is -0.289 e. The number of aryl methyl sites for hydroxylation is 1. The molecule has 0 radical (unpaired) electrons.